The maximum absolute atomic E-state index is 11.3. The zero-order valence-electron chi connectivity index (χ0n) is 9.62. The zero-order valence-corrected chi connectivity index (χ0v) is 9.62. The van der Waals surface area contributed by atoms with Crippen molar-refractivity contribution in [1.82, 2.24) is 4.90 Å². The Bertz CT molecular complexity index is 380. The number of hydrogen-bond donors (Lipinski definition) is 2. The molecule has 1 aromatic carbocycles. The number of β-amino-alcohol motifs (C(OH)–C–C–N with tert-alkyl or cyclic N) is 1. The molecule has 2 rings (SSSR count). The minimum Gasteiger partial charge on any atom is -0.481 e. The Kier molecular flexibility index (Phi) is 3.76. The summed E-state index contributed by atoms with van der Waals surface area (Å²) in [7, 11) is 0. The van der Waals surface area contributed by atoms with Gasteiger partial charge in [-0.2, -0.15) is 0 Å². The summed E-state index contributed by atoms with van der Waals surface area (Å²) in [4.78, 5) is 13.3. The number of aliphatic hydroxyl groups is 1. The zero-order chi connectivity index (χ0) is 12.3. The number of aliphatic carboxylic acids is 1. The monoisotopic (exact) mass is 235 g/mol. The number of carboxylic acids is 1. The lowest BCUT2D eigenvalue weighted by Crippen LogP contribution is -2.31. The van der Waals surface area contributed by atoms with E-state index in [0.29, 0.717) is 13.1 Å². The summed E-state index contributed by atoms with van der Waals surface area (Å²) in [6.07, 6.45) is 0.432. The standard InChI is InChI=1S/C13H17NO3/c15-11-6-7-14(8-11)9-12(13(16)17)10-4-2-1-3-5-10/h1-5,11-12,15H,6-9H2,(H,16,17). The summed E-state index contributed by atoms with van der Waals surface area (Å²) >= 11 is 0. The van der Waals surface area contributed by atoms with Gasteiger partial charge < -0.3 is 10.2 Å². The molecular weight excluding hydrogens is 218 g/mol. The average molecular weight is 235 g/mol. The first-order valence-electron chi connectivity index (χ1n) is 5.85. The van der Waals surface area contributed by atoms with Crippen LogP contribution in [-0.2, 0) is 4.79 Å². The van der Waals surface area contributed by atoms with Crippen LogP contribution in [0.15, 0.2) is 30.3 Å². The second-order valence-corrected chi connectivity index (χ2v) is 4.50. The molecule has 0 aromatic heterocycles. The predicted octanol–water partition coefficient (Wildman–Crippen LogP) is 0.921. The van der Waals surface area contributed by atoms with Crippen molar-refractivity contribution in [3.8, 4) is 0 Å². The number of rotatable bonds is 4. The van der Waals surface area contributed by atoms with Crippen LogP contribution in [0.3, 0.4) is 0 Å². The van der Waals surface area contributed by atoms with Gasteiger partial charge in [-0.05, 0) is 12.0 Å². The molecule has 1 aromatic rings. The molecule has 4 heteroatoms. The van der Waals surface area contributed by atoms with E-state index in [1.807, 2.05) is 35.2 Å². The minimum atomic E-state index is -0.808. The second-order valence-electron chi connectivity index (χ2n) is 4.50. The lowest BCUT2D eigenvalue weighted by atomic mass is 9.99. The van der Waals surface area contributed by atoms with Crippen LogP contribution in [0.2, 0.25) is 0 Å². The van der Waals surface area contributed by atoms with Crippen LogP contribution >= 0.6 is 0 Å². The number of nitrogens with zero attached hydrogens (tertiary/aromatic N) is 1. The number of hydrogen-bond acceptors (Lipinski definition) is 3. The first-order valence-corrected chi connectivity index (χ1v) is 5.85. The van der Waals surface area contributed by atoms with Crippen molar-refractivity contribution < 1.29 is 15.0 Å². The number of carbonyl (C=O) groups is 1. The van der Waals surface area contributed by atoms with Gasteiger partial charge in [0.2, 0.25) is 0 Å². The van der Waals surface area contributed by atoms with Gasteiger partial charge in [0.25, 0.3) is 0 Å². The molecule has 4 nitrogen and oxygen atoms in total. The van der Waals surface area contributed by atoms with E-state index in [0.717, 1.165) is 18.5 Å². The molecule has 0 radical (unpaired) electrons. The van der Waals surface area contributed by atoms with Crippen molar-refractivity contribution in [3.63, 3.8) is 0 Å². The van der Waals surface area contributed by atoms with Crippen molar-refractivity contribution in [2.24, 2.45) is 0 Å². The molecule has 0 saturated carbocycles. The van der Waals surface area contributed by atoms with Gasteiger partial charge in [0, 0.05) is 19.6 Å². The van der Waals surface area contributed by atoms with Crippen LogP contribution in [0, 0.1) is 0 Å². The average Bonchev–Trinajstić information content (AvgIpc) is 2.73. The molecule has 1 saturated heterocycles. The maximum atomic E-state index is 11.3. The van der Waals surface area contributed by atoms with E-state index in [1.54, 1.807) is 0 Å². The molecular formula is C13H17NO3. The van der Waals surface area contributed by atoms with Crippen molar-refractivity contribution in [1.29, 1.82) is 0 Å². The minimum absolute atomic E-state index is 0.305. The molecule has 2 atom stereocenters. The molecule has 0 aliphatic carbocycles. The summed E-state index contributed by atoms with van der Waals surface area (Å²) < 4.78 is 0. The number of likely N-dealkylation sites (tertiary alicyclic amines) is 1. The third-order valence-corrected chi connectivity index (χ3v) is 3.19. The van der Waals surface area contributed by atoms with E-state index in [1.165, 1.54) is 0 Å². The van der Waals surface area contributed by atoms with E-state index in [2.05, 4.69) is 0 Å². The highest BCUT2D eigenvalue weighted by molar-refractivity contribution is 5.76. The Labute approximate surface area is 100 Å². The van der Waals surface area contributed by atoms with E-state index >= 15 is 0 Å². The molecule has 1 fully saturated rings. The fourth-order valence-electron chi connectivity index (χ4n) is 2.25. The topological polar surface area (TPSA) is 60.8 Å². The normalized spacial score (nSPS) is 22.5. The smallest absolute Gasteiger partial charge is 0.312 e. The largest absolute Gasteiger partial charge is 0.481 e. The van der Waals surface area contributed by atoms with Gasteiger partial charge >= 0.3 is 5.97 Å². The highest BCUT2D eigenvalue weighted by Crippen LogP contribution is 2.20. The third kappa shape index (κ3) is 3.05. The lowest BCUT2D eigenvalue weighted by Gasteiger charge is -2.20. The second kappa shape index (κ2) is 5.29. The lowest BCUT2D eigenvalue weighted by molar-refractivity contribution is -0.139. The van der Waals surface area contributed by atoms with Crippen molar-refractivity contribution in [2.75, 3.05) is 19.6 Å². The number of aliphatic hydroxyl groups excluding tert-OH is 1. The molecule has 1 aliphatic rings. The molecule has 0 amide bonds. The van der Waals surface area contributed by atoms with Crippen LogP contribution < -0.4 is 0 Å². The highest BCUT2D eigenvalue weighted by atomic mass is 16.4. The van der Waals surface area contributed by atoms with Gasteiger partial charge in [-0.1, -0.05) is 30.3 Å². The van der Waals surface area contributed by atoms with E-state index in [9.17, 15) is 15.0 Å². The van der Waals surface area contributed by atoms with Gasteiger partial charge in [-0.15, -0.1) is 0 Å². The van der Waals surface area contributed by atoms with Gasteiger partial charge in [0.15, 0.2) is 0 Å². The van der Waals surface area contributed by atoms with Gasteiger partial charge in [0.1, 0.15) is 0 Å². The summed E-state index contributed by atoms with van der Waals surface area (Å²) in [6.45, 7) is 1.82. The van der Waals surface area contributed by atoms with Crippen molar-refractivity contribution >= 4 is 5.97 Å². The molecule has 0 spiro atoms. The number of carboxylic acid groups (broad SMARTS) is 1. The first-order chi connectivity index (χ1) is 8.16. The Morgan fingerprint density at radius 2 is 2.12 bits per heavy atom. The summed E-state index contributed by atoms with van der Waals surface area (Å²) in [6, 6.07) is 9.26. The SMILES string of the molecule is O=C(O)C(CN1CCC(O)C1)c1ccccc1. The Hall–Kier alpha value is -1.39. The molecule has 1 aliphatic heterocycles. The van der Waals surface area contributed by atoms with E-state index in [4.69, 9.17) is 0 Å². The van der Waals surface area contributed by atoms with Crippen molar-refractivity contribution in [3.05, 3.63) is 35.9 Å². The van der Waals surface area contributed by atoms with Gasteiger partial charge in [-0.25, -0.2) is 0 Å². The number of benzene rings is 1. The fourth-order valence-corrected chi connectivity index (χ4v) is 2.25. The Morgan fingerprint density at radius 1 is 1.41 bits per heavy atom. The summed E-state index contributed by atoms with van der Waals surface area (Å²) in [5.74, 6) is -1.32. The molecule has 0 bridgehead atoms. The first kappa shape index (κ1) is 12.1. The van der Waals surface area contributed by atoms with E-state index in [-0.39, 0.29) is 6.10 Å². The van der Waals surface area contributed by atoms with Crippen molar-refractivity contribution in [2.45, 2.75) is 18.4 Å². The van der Waals surface area contributed by atoms with Crippen LogP contribution in [0.1, 0.15) is 17.9 Å². The predicted molar refractivity (Wildman–Crippen MR) is 63.9 cm³/mol. The summed E-state index contributed by atoms with van der Waals surface area (Å²) in [5.41, 5.74) is 0.821. The third-order valence-electron chi connectivity index (χ3n) is 3.19. The van der Waals surface area contributed by atoms with Crippen LogP contribution in [0.4, 0.5) is 0 Å². The fraction of sp³-hybridized carbons (Fsp3) is 0.462. The van der Waals surface area contributed by atoms with Crippen LogP contribution in [0.25, 0.3) is 0 Å². The molecule has 92 valence electrons. The van der Waals surface area contributed by atoms with Crippen LogP contribution in [0.5, 0.6) is 0 Å². The van der Waals surface area contributed by atoms with Crippen LogP contribution in [-0.4, -0.2) is 46.8 Å². The quantitative estimate of drug-likeness (QED) is 0.814. The molecule has 1 heterocycles. The van der Waals surface area contributed by atoms with Gasteiger partial charge in [-0.3, -0.25) is 9.69 Å². The molecule has 2 N–H and O–H groups in total. The molecule has 2 unspecified atom stereocenters. The summed E-state index contributed by atoms with van der Waals surface area (Å²) in [5, 5.41) is 18.7. The van der Waals surface area contributed by atoms with Gasteiger partial charge in [0.05, 0.1) is 12.0 Å². The Balaban J connectivity index is 2.06. The highest BCUT2D eigenvalue weighted by Gasteiger charge is 2.27. The Morgan fingerprint density at radius 3 is 2.65 bits per heavy atom. The van der Waals surface area contributed by atoms with E-state index < -0.39 is 11.9 Å². The molecule has 17 heavy (non-hydrogen) atoms. The maximum Gasteiger partial charge on any atom is 0.312 e.